The van der Waals surface area contributed by atoms with E-state index in [-0.39, 0.29) is 5.56 Å². The highest BCUT2D eigenvalue weighted by molar-refractivity contribution is 9.10. The molecule has 0 aliphatic heterocycles. The van der Waals surface area contributed by atoms with E-state index in [0.29, 0.717) is 0 Å². The molecular formula is C8H6BrNOS. The number of aromatic amines is 1. The van der Waals surface area contributed by atoms with E-state index in [4.69, 9.17) is 0 Å². The Morgan fingerprint density at radius 1 is 1.58 bits per heavy atom. The largest absolute Gasteiger partial charge is 0.328 e. The summed E-state index contributed by atoms with van der Waals surface area (Å²) in [6.45, 7) is 1.99. The monoisotopic (exact) mass is 243 g/mol. The van der Waals surface area contributed by atoms with Crippen LogP contribution in [0.15, 0.2) is 20.8 Å². The molecule has 0 aliphatic rings. The molecule has 2 rings (SSSR count). The molecule has 1 N–H and O–H groups in total. The number of halogens is 1. The van der Waals surface area contributed by atoms with Crippen LogP contribution in [0.5, 0.6) is 0 Å². The van der Waals surface area contributed by atoms with Crippen molar-refractivity contribution >= 4 is 37.4 Å². The van der Waals surface area contributed by atoms with E-state index in [2.05, 4.69) is 20.9 Å². The second-order valence-corrected chi connectivity index (χ2v) is 4.32. The van der Waals surface area contributed by atoms with E-state index >= 15 is 0 Å². The first-order chi connectivity index (χ1) is 5.70. The van der Waals surface area contributed by atoms with Crippen molar-refractivity contribution in [3.63, 3.8) is 0 Å². The zero-order valence-corrected chi connectivity index (χ0v) is 8.75. The smallest absolute Gasteiger partial charge is 0.257 e. The number of aromatic nitrogens is 1. The van der Waals surface area contributed by atoms with E-state index in [1.54, 1.807) is 17.5 Å². The van der Waals surface area contributed by atoms with Crippen LogP contribution in [0, 0.1) is 6.92 Å². The summed E-state index contributed by atoms with van der Waals surface area (Å²) < 4.78 is 1.94. The molecule has 0 spiro atoms. The molecule has 0 aliphatic carbocycles. The van der Waals surface area contributed by atoms with Gasteiger partial charge in [-0.25, -0.2) is 0 Å². The lowest BCUT2D eigenvalue weighted by Gasteiger charge is -1.93. The fourth-order valence-corrected chi connectivity index (χ4v) is 2.84. The van der Waals surface area contributed by atoms with Crippen LogP contribution < -0.4 is 5.56 Å². The Balaban J connectivity index is 3.09. The Labute approximate surface area is 81.4 Å². The summed E-state index contributed by atoms with van der Waals surface area (Å²) in [6, 6.07) is 0. The Kier molecular flexibility index (Phi) is 1.81. The fourth-order valence-electron chi connectivity index (χ4n) is 1.15. The molecule has 0 radical (unpaired) electrons. The SMILES string of the molecule is Cc1c[nH]c(=O)c2c(Br)csc12. The maximum Gasteiger partial charge on any atom is 0.257 e. The highest BCUT2D eigenvalue weighted by Gasteiger charge is 2.06. The molecule has 2 heterocycles. The van der Waals surface area contributed by atoms with E-state index in [0.717, 1.165) is 20.1 Å². The first-order valence-corrected chi connectivity index (χ1v) is 5.12. The van der Waals surface area contributed by atoms with Gasteiger partial charge in [0.25, 0.3) is 5.56 Å². The molecule has 0 aromatic carbocycles. The summed E-state index contributed by atoms with van der Waals surface area (Å²) in [4.78, 5) is 14.0. The molecule has 4 heteroatoms. The predicted octanol–water partition coefficient (Wildman–Crippen LogP) is 2.66. The molecule has 0 amide bonds. The van der Waals surface area contributed by atoms with Gasteiger partial charge in [0.15, 0.2) is 0 Å². The third-order valence-corrected chi connectivity index (χ3v) is 3.79. The molecule has 62 valence electrons. The maximum absolute atomic E-state index is 11.3. The standard InChI is InChI=1S/C8H6BrNOS/c1-4-2-10-8(11)6-5(9)3-12-7(4)6/h2-3H,1H3,(H,10,11). The number of hydrogen-bond donors (Lipinski definition) is 1. The number of rotatable bonds is 0. The summed E-state index contributed by atoms with van der Waals surface area (Å²) in [5, 5.41) is 2.70. The summed E-state index contributed by atoms with van der Waals surface area (Å²) in [5.41, 5.74) is 1.09. The van der Waals surface area contributed by atoms with Crippen LogP contribution in [0.1, 0.15) is 5.56 Å². The van der Waals surface area contributed by atoms with Crippen LogP contribution in [0.3, 0.4) is 0 Å². The zero-order chi connectivity index (χ0) is 8.72. The molecule has 2 nitrogen and oxygen atoms in total. The van der Waals surface area contributed by atoms with Gasteiger partial charge < -0.3 is 4.98 Å². The number of fused-ring (bicyclic) bond motifs is 1. The lowest BCUT2D eigenvalue weighted by atomic mass is 10.2. The van der Waals surface area contributed by atoms with Gasteiger partial charge in [0.1, 0.15) is 0 Å². The van der Waals surface area contributed by atoms with Crippen molar-refractivity contribution in [2.45, 2.75) is 6.92 Å². The minimum atomic E-state index is -0.0243. The summed E-state index contributed by atoms with van der Waals surface area (Å²) in [5.74, 6) is 0. The lowest BCUT2D eigenvalue weighted by molar-refractivity contribution is 1.25. The average molecular weight is 244 g/mol. The van der Waals surface area contributed by atoms with Crippen molar-refractivity contribution in [2.24, 2.45) is 0 Å². The Morgan fingerprint density at radius 2 is 2.33 bits per heavy atom. The van der Waals surface area contributed by atoms with Crippen LogP contribution in [-0.2, 0) is 0 Å². The number of aryl methyl sites for hydroxylation is 1. The van der Waals surface area contributed by atoms with Crippen molar-refractivity contribution in [2.75, 3.05) is 0 Å². The second-order valence-electron chi connectivity index (χ2n) is 2.59. The van der Waals surface area contributed by atoms with E-state index in [9.17, 15) is 4.79 Å². The van der Waals surface area contributed by atoms with Gasteiger partial charge in [0, 0.05) is 20.7 Å². The van der Waals surface area contributed by atoms with Crippen LogP contribution in [0.4, 0.5) is 0 Å². The molecule has 0 bridgehead atoms. The van der Waals surface area contributed by atoms with Crippen LogP contribution in [-0.4, -0.2) is 4.98 Å². The predicted molar refractivity (Wildman–Crippen MR) is 54.9 cm³/mol. The van der Waals surface area contributed by atoms with E-state index < -0.39 is 0 Å². The van der Waals surface area contributed by atoms with Gasteiger partial charge in [-0.2, -0.15) is 0 Å². The first kappa shape index (κ1) is 8.01. The van der Waals surface area contributed by atoms with Gasteiger partial charge in [0.2, 0.25) is 0 Å². The highest BCUT2D eigenvalue weighted by atomic mass is 79.9. The number of pyridine rings is 1. The van der Waals surface area contributed by atoms with Crippen molar-refractivity contribution in [3.05, 3.63) is 32.0 Å². The Hall–Kier alpha value is -0.610. The summed E-state index contributed by atoms with van der Waals surface area (Å²) in [7, 11) is 0. The number of nitrogens with one attached hydrogen (secondary N) is 1. The third-order valence-electron chi connectivity index (χ3n) is 1.75. The van der Waals surface area contributed by atoms with Crippen LogP contribution in [0.2, 0.25) is 0 Å². The molecule has 0 saturated heterocycles. The van der Waals surface area contributed by atoms with Gasteiger partial charge in [-0.1, -0.05) is 0 Å². The molecule has 0 unspecified atom stereocenters. The first-order valence-electron chi connectivity index (χ1n) is 3.45. The highest BCUT2D eigenvalue weighted by Crippen LogP contribution is 2.28. The summed E-state index contributed by atoms with van der Waals surface area (Å²) in [6.07, 6.45) is 1.74. The number of H-pyrrole nitrogens is 1. The third kappa shape index (κ3) is 1.03. The van der Waals surface area contributed by atoms with E-state index in [1.807, 2.05) is 12.3 Å². The summed E-state index contributed by atoms with van der Waals surface area (Å²) >= 11 is 4.93. The number of thiophene rings is 1. The molecule has 0 fully saturated rings. The van der Waals surface area contributed by atoms with Crippen LogP contribution in [0.25, 0.3) is 10.1 Å². The Morgan fingerprint density at radius 3 is 3.00 bits per heavy atom. The lowest BCUT2D eigenvalue weighted by Crippen LogP contribution is -2.04. The van der Waals surface area contributed by atoms with Crippen molar-refractivity contribution < 1.29 is 0 Å². The molecule has 0 atom stereocenters. The Bertz CT molecular complexity index is 485. The molecular weight excluding hydrogens is 238 g/mol. The molecule has 12 heavy (non-hydrogen) atoms. The van der Waals surface area contributed by atoms with Gasteiger partial charge >= 0.3 is 0 Å². The van der Waals surface area contributed by atoms with Crippen molar-refractivity contribution in [3.8, 4) is 0 Å². The van der Waals surface area contributed by atoms with Crippen molar-refractivity contribution in [1.82, 2.24) is 4.98 Å². The minimum absolute atomic E-state index is 0.0243. The van der Waals surface area contributed by atoms with Gasteiger partial charge in [-0.05, 0) is 28.4 Å². The maximum atomic E-state index is 11.3. The van der Waals surface area contributed by atoms with Crippen molar-refractivity contribution in [1.29, 1.82) is 0 Å². The fraction of sp³-hybridized carbons (Fsp3) is 0.125. The average Bonchev–Trinajstić information content (AvgIpc) is 2.42. The second kappa shape index (κ2) is 2.71. The molecule has 0 saturated carbocycles. The topological polar surface area (TPSA) is 32.9 Å². The zero-order valence-electron chi connectivity index (χ0n) is 6.35. The van der Waals surface area contributed by atoms with Gasteiger partial charge in [0.05, 0.1) is 5.39 Å². The van der Waals surface area contributed by atoms with Crippen LogP contribution >= 0.6 is 27.3 Å². The molecule has 2 aromatic heterocycles. The van der Waals surface area contributed by atoms with Gasteiger partial charge in [-0.3, -0.25) is 4.79 Å². The normalized spacial score (nSPS) is 10.8. The number of hydrogen-bond acceptors (Lipinski definition) is 2. The quantitative estimate of drug-likeness (QED) is 0.759. The van der Waals surface area contributed by atoms with E-state index in [1.165, 1.54) is 0 Å². The minimum Gasteiger partial charge on any atom is -0.328 e. The molecule has 2 aromatic rings. The van der Waals surface area contributed by atoms with Gasteiger partial charge in [-0.15, -0.1) is 11.3 Å².